The summed E-state index contributed by atoms with van der Waals surface area (Å²) in [6.07, 6.45) is 1.32. The van der Waals surface area contributed by atoms with Crippen molar-refractivity contribution in [2.45, 2.75) is 24.7 Å². The van der Waals surface area contributed by atoms with E-state index >= 15 is 0 Å². The molecule has 6 nitrogen and oxygen atoms in total. The number of thioether (sulfide) groups is 1. The number of carbonyl (C=O) groups is 1. The van der Waals surface area contributed by atoms with Gasteiger partial charge in [0.15, 0.2) is 5.69 Å². The van der Waals surface area contributed by atoms with Crippen LogP contribution in [0.1, 0.15) is 25.1 Å². The summed E-state index contributed by atoms with van der Waals surface area (Å²) in [5, 5.41) is 8.88. The number of anilines is 1. The van der Waals surface area contributed by atoms with Gasteiger partial charge in [-0.15, -0.1) is 10.2 Å². The monoisotopic (exact) mass is 396 g/mol. The topological polar surface area (TPSA) is 68.2 Å². The molecule has 0 saturated heterocycles. The molecule has 1 aromatic heterocycles. The Morgan fingerprint density at radius 1 is 1.18 bits per heavy atom. The van der Waals surface area contributed by atoms with E-state index in [-0.39, 0.29) is 24.0 Å². The molecule has 0 spiro atoms. The zero-order chi connectivity index (χ0) is 19.7. The second-order valence-corrected chi connectivity index (χ2v) is 6.88. The summed E-state index contributed by atoms with van der Waals surface area (Å²) in [5.41, 5.74) is 2.45. The van der Waals surface area contributed by atoms with E-state index in [0.29, 0.717) is 27.7 Å². The molecule has 0 saturated carbocycles. The Labute approximate surface area is 165 Å². The SMILES string of the molecule is CCC(=O)N1c2ccccc2-c2nnc(SC)nc2O[C@@H]1c1ccc(F)cc1. The molecule has 1 aliphatic rings. The summed E-state index contributed by atoms with van der Waals surface area (Å²) in [6.45, 7) is 1.79. The van der Waals surface area contributed by atoms with Crippen LogP contribution in [0.25, 0.3) is 11.3 Å². The van der Waals surface area contributed by atoms with Crippen LogP contribution in [-0.4, -0.2) is 27.3 Å². The molecule has 0 N–H and O–H groups in total. The Morgan fingerprint density at radius 3 is 2.64 bits per heavy atom. The predicted molar refractivity (Wildman–Crippen MR) is 105 cm³/mol. The first-order valence-corrected chi connectivity index (χ1v) is 9.97. The van der Waals surface area contributed by atoms with Gasteiger partial charge in [0.25, 0.3) is 0 Å². The van der Waals surface area contributed by atoms with Crippen molar-refractivity contribution < 1.29 is 13.9 Å². The van der Waals surface area contributed by atoms with Gasteiger partial charge in [-0.3, -0.25) is 9.69 Å². The molecule has 1 amide bonds. The van der Waals surface area contributed by atoms with Gasteiger partial charge in [0, 0.05) is 17.5 Å². The van der Waals surface area contributed by atoms with Gasteiger partial charge >= 0.3 is 0 Å². The molecule has 2 aromatic carbocycles. The molecular formula is C20H17FN4O2S. The third kappa shape index (κ3) is 3.20. The maximum absolute atomic E-state index is 13.5. The van der Waals surface area contributed by atoms with Crippen molar-refractivity contribution in [3.05, 3.63) is 59.9 Å². The number of benzene rings is 2. The zero-order valence-electron chi connectivity index (χ0n) is 15.3. The summed E-state index contributed by atoms with van der Waals surface area (Å²) in [4.78, 5) is 19.0. The van der Waals surface area contributed by atoms with Gasteiger partial charge < -0.3 is 4.74 Å². The van der Waals surface area contributed by atoms with E-state index in [2.05, 4.69) is 15.2 Å². The summed E-state index contributed by atoms with van der Waals surface area (Å²) >= 11 is 1.35. The minimum Gasteiger partial charge on any atom is -0.447 e. The third-order valence-electron chi connectivity index (χ3n) is 4.42. The van der Waals surface area contributed by atoms with Crippen LogP contribution in [0, 0.1) is 5.82 Å². The van der Waals surface area contributed by atoms with Crippen molar-refractivity contribution in [1.82, 2.24) is 15.2 Å². The average Bonchev–Trinajstić information content (AvgIpc) is 2.88. The van der Waals surface area contributed by atoms with Crippen molar-refractivity contribution in [2.75, 3.05) is 11.2 Å². The first-order valence-electron chi connectivity index (χ1n) is 8.74. The van der Waals surface area contributed by atoms with Crippen molar-refractivity contribution >= 4 is 23.4 Å². The number of carbonyl (C=O) groups excluding carboxylic acids is 1. The maximum Gasteiger partial charge on any atom is 0.247 e. The van der Waals surface area contributed by atoms with Crippen LogP contribution < -0.4 is 9.64 Å². The molecule has 28 heavy (non-hydrogen) atoms. The van der Waals surface area contributed by atoms with Gasteiger partial charge in [-0.05, 0) is 24.5 Å². The molecule has 0 bridgehead atoms. The van der Waals surface area contributed by atoms with Gasteiger partial charge in [0.1, 0.15) is 5.82 Å². The van der Waals surface area contributed by atoms with Crippen LogP contribution in [-0.2, 0) is 4.79 Å². The molecule has 142 valence electrons. The quantitative estimate of drug-likeness (QED) is 0.617. The molecule has 1 aliphatic heterocycles. The first kappa shape index (κ1) is 18.4. The van der Waals surface area contributed by atoms with Gasteiger partial charge in [0.2, 0.25) is 23.2 Å². The lowest BCUT2D eigenvalue weighted by Crippen LogP contribution is -2.37. The summed E-state index contributed by atoms with van der Waals surface area (Å²) < 4.78 is 19.7. The maximum atomic E-state index is 13.5. The highest BCUT2D eigenvalue weighted by Gasteiger charge is 2.35. The normalized spacial score (nSPS) is 15.2. The minimum atomic E-state index is -0.804. The highest BCUT2D eigenvalue weighted by molar-refractivity contribution is 7.98. The number of halogens is 1. The van der Waals surface area contributed by atoms with Crippen LogP contribution in [0.3, 0.4) is 0 Å². The number of hydrogen-bond donors (Lipinski definition) is 0. The number of rotatable bonds is 3. The van der Waals surface area contributed by atoms with Gasteiger partial charge in [0.05, 0.1) is 5.69 Å². The highest BCUT2D eigenvalue weighted by atomic mass is 32.2. The molecule has 0 radical (unpaired) electrons. The number of aromatic nitrogens is 3. The average molecular weight is 396 g/mol. The van der Waals surface area contributed by atoms with Crippen LogP contribution in [0.2, 0.25) is 0 Å². The van der Waals surface area contributed by atoms with Crippen LogP contribution in [0.5, 0.6) is 5.88 Å². The van der Waals surface area contributed by atoms with E-state index in [1.54, 1.807) is 24.0 Å². The van der Waals surface area contributed by atoms with Crippen molar-refractivity contribution in [2.24, 2.45) is 0 Å². The summed E-state index contributed by atoms with van der Waals surface area (Å²) in [6, 6.07) is 13.3. The minimum absolute atomic E-state index is 0.132. The number of ether oxygens (including phenoxy) is 1. The van der Waals surface area contributed by atoms with Crippen molar-refractivity contribution in [3.8, 4) is 17.1 Å². The summed E-state index contributed by atoms with van der Waals surface area (Å²) in [5.74, 6) is -0.208. The lowest BCUT2D eigenvalue weighted by Gasteiger charge is -2.30. The van der Waals surface area contributed by atoms with Crippen molar-refractivity contribution in [3.63, 3.8) is 0 Å². The van der Waals surface area contributed by atoms with Crippen LogP contribution in [0.4, 0.5) is 10.1 Å². The second-order valence-electron chi connectivity index (χ2n) is 6.11. The van der Waals surface area contributed by atoms with E-state index < -0.39 is 6.23 Å². The van der Waals surface area contributed by atoms with E-state index in [1.165, 1.54) is 23.9 Å². The van der Waals surface area contributed by atoms with E-state index in [4.69, 9.17) is 4.74 Å². The van der Waals surface area contributed by atoms with E-state index in [0.717, 1.165) is 0 Å². The second kappa shape index (κ2) is 7.55. The fourth-order valence-electron chi connectivity index (χ4n) is 3.08. The molecule has 1 atom stereocenters. The number of hydrogen-bond acceptors (Lipinski definition) is 6. The predicted octanol–water partition coefficient (Wildman–Crippen LogP) is 4.23. The number of fused-ring (bicyclic) bond motifs is 3. The Bertz CT molecular complexity index is 1030. The molecule has 2 heterocycles. The van der Waals surface area contributed by atoms with Gasteiger partial charge in [-0.25, -0.2) is 4.39 Å². The van der Waals surface area contributed by atoms with E-state index in [9.17, 15) is 9.18 Å². The zero-order valence-corrected chi connectivity index (χ0v) is 16.1. The van der Waals surface area contributed by atoms with Crippen molar-refractivity contribution in [1.29, 1.82) is 0 Å². The molecule has 8 heteroatoms. The summed E-state index contributed by atoms with van der Waals surface area (Å²) in [7, 11) is 0. The highest BCUT2D eigenvalue weighted by Crippen LogP contribution is 2.43. The fraction of sp³-hybridized carbons (Fsp3) is 0.200. The largest absolute Gasteiger partial charge is 0.447 e. The molecule has 3 aromatic rings. The Hall–Kier alpha value is -3.00. The third-order valence-corrected chi connectivity index (χ3v) is 4.96. The lowest BCUT2D eigenvalue weighted by atomic mass is 10.1. The number of nitrogens with zero attached hydrogens (tertiary/aromatic N) is 4. The standard InChI is InChI=1S/C20H17FN4O2S/c1-3-16(26)25-15-7-5-4-6-14(15)17-18(22-20(28-2)24-23-17)27-19(25)12-8-10-13(21)11-9-12/h4-11,19H,3H2,1-2H3/t19-/m1/s1. The number of amides is 1. The van der Waals surface area contributed by atoms with Crippen LogP contribution in [0.15, 0.2) is 53.7 Å². The molecular weight excluding hydrogens is 379 g/mol. The van der Waals surface area contributed by atoms with Crippen LogP contribution >= 0.6 is 11.8 Å². The number of para-hydroxylation sites is 1. The smallest absolute Gasteiger partial charge is 0.247 e. The molecule has 0 fully saturated rings. The Balaban J connectivity index is 1.96. The Kier molecular flexibility index (Phi) is 4.95. The fourth-order valence-corrected chi connectivity index (χ4v) is 3.38. The Morgan fingerprint density at radius 2 is 1.93 bits per heavy atom. The molecule has 0 aliphatic carbocycles. The van der Waals surface area contributed by atoms with E-state index in [1.807, 2.05) is 30.5 Å². The van der Waals surface area contributed by atoms with Gasteiger partial charge in [-0.2, -0.15) is 4.98 Å². The lowest BCUT2D eigenvalue weighted by molar-refractivity contribution is -0.120. The molecule has 4 rings (SSSR count). The molecule has 0 unspecified atom stereocenters. The first-order chi connectivity index (χ1) is 13.6. The van der Waals surface area contributed by atoms with Gasteiger partial charge in [-0.1, -0.05) is 49.0 Å².